The molecule has 2 aromatic heterocycles. The molecule has 170 valence electrons. The summed E-state index contributed by atoms with van der Waals surface area (Å²) in [5, 5.41) is 8.87. The fourth-order valence-corrected chi connectivity index (χ4v) is 3.95. The van der Waals surface area contributed by atoms with Gasteiger partial charge in [-0.2, -0.15) is 0 Å². The maximum absolute atomic E-state index is 14.9. The topological polar surface area (TPSA) is 93.7 Å². The third-order valence-corrected chi connectivity index (χ3v) is 5.89. The molecule has 1 unspecified atom stereocenters. The molecule has 4 aromatic rings. The van der Waals surface area contributed by atoms with Crippen molar-refractivity contribution in [2.75, 3.05) is 5.73 Å². The molecule has 0 saturated carbocycles. The average Bonchev–Trinajstić information content (AvgIpc) is 3.42. The van der Waals surface area contributed by atoms with Crippen LogP contribution in [-0.4, -0.2) is 26.4 Å². The first kappa shape index (κ1) is 22.3. The number of hydrogen-bond donors (Lipinski definition) is 3. The summed E-state index contributed by atoms with van der Waals surface area (Å²) in [5.74, 6) is -0.491. The first-order valence-electron chi connectivity index (χ1n) is 9.79. The van der Waals surface area contributed by atoms with Crippen LogP contribution in [-0.2, 0) is 0 Å². The zero-order chi connectivity index (χ0) is 23.7. The van der Waals surface area contributed by atoms with E-state index >= 15 is 0 Å². The summed E-state index contributed by atoms with van der Waals surface area (Å²) in [5.41, 5.74) is 13.3. The Bertz CT molecular complexity index is 1350. The van der Waals surface area contributed by atoms with Gasteiger partial charge in [0.2, 0.25) is 0 Å². The van der Waals surface area contributed by atoms with E-state index in [-0.39, 0.29) is 5.70 Å². The second-order valence-electron chi connectivity index (χ2n) is 7.29. The maximum atomic E-state index is 14.9. The summed E-state index contributed by atoms with van der Waals surface area (Å²) in [6.07, 6.45) is -0.996. The van der Waals surface area contributed by atoms with Gasteiger partial charge < -0.3 is 11.2 Å². The summed E-state index contributed by atoms with van der Waals surface area (Å²) < 4.78 is 42.4. The smallest absolute Gasteiger partial charge is 0.279 e. The highest BCUT2D eigenvalue weighted by atomic mass is 32.1. The number of nitrogens with two attached hydrogens (primary N) is 1. The van der Waals surface area contributed by atoms with E-state index in [1.807, 2.05) is 18.2 Å². The fraction of sp³-hybridized carbons (Fsp3) is 0.136. The van der Waals surface area contributed by atoms with Crippen molar-refractivity contribution in [1.82, 2.24) is 30.8 Å². The molecular formula is C22H20F3N7S. The lowest BCUT2D eigenvalue weighted by molar-refractivity contribution is 0.179. The summed E-state index contributed by atoms with van der Waals surface area (Å²) in [7, 11) is 0. The molecule has 4 N–H and O–H groups in total. The van der Waals surface area contributed by atoms with Crippen molar-refractivity contribution in [3.05, 3.63) is 78.4 Å². The zero-order valence-electron chi connectivity index (χ0n) is 17.5. The highest BCUT2D eigenvalue weighted by Gasteiger charge is 2.17. The van der Waals surface area contributed by atoms with Crippen molar-refractivity contribution in [2.45, 2.75) is 19.4 Å². The molecule has 0 aliphatic carbocycles. The Kier molecular flexibility index (Phi) is 6.05. The van der Waals surface area contributed by atoms with E-state index in [0.717, 1.165) is 15.8 Å². The zero-order valence-corrected chi connectivity index (χ0v) is 18.3. The normalized spacial score (nSPS) is 12.2. The van der Waals surface area contributed by atoms with Gasteiger partial charge in [0.15, 0.2) is 5.13 Å². The van der Waals surface area contributed by atoms with E-state index in [9.17, 15) is 13.2 Å². The van der Waals surface area contributed by atoms with Crippen LogP contribution in [0.2, 0.25) is 0 Å². The number of alkyl halides is 2. The Morgan fingerprint density at radius 1 is 1.15 bits per heavy atom. The SMILES string of the molecule is C=C(NNC(=C)C(F)F)c1ccc(C(C)n2cc(-c3ccc4nc(N)sc4c3)nn2)c(F)c1. The van der Waals surface area contributed by atoms with Gasteiger partial charge in [-0.3, -0.25) is 5.43 Å². The van der Waals surface area contributed by atoms with E-state index in [4.69, 9.17) is 5.73 Å². The fourth-order valence-electron chi connectivity index (χ4n) is 3.18. The minimum Gasteiger partial charge on any atom is -0.375 e. The van der Waals surface area contributed by atoms with Crippen molar-refractivity contribution in [2.24, 2.45) is 0 Å². The Hall–Kier alpha value is -3.86. The third kappa shape index (κ3) is 4.67. The molecule has 4 rings (SSSR count). The number of aromatic nitrogens is 4. The third-order valence-electron chi connectivity index (χ3n) is 5.04. The predicted molar refractivity (Wildman–Crippen MR) is 124 cm³/mol. The van der Waals surface area contributed by atoms with Gasteiger partial charge in [-0.25, -0.2) is 22.8 Å². The van der Waals surface area contributed by atoms with E-state index in [0.29, 0.717) is 22.0 Å². The lowest BCUT2D eigenvalue weighted by Crippen LogP contribution is -2.31. The van der Waals surface area contributed by atoms with Crippen molar-refractivity contribution in [3.63, 3.8) is 0 Å². The molecule has 0 aliphatic rings. The lowest BCUT2D eigenvalue weighted by Gasteiger charge is -2.16. The monoisotopic (exact) mass is 471 g/mol. The van der Waals surface area contributed by atoms with Gasteiger partial charge in [-0.15, -0.1) is 5.10 Å². The van der Waals surface area contributed by atoms with E-state index in [1.54, 1.807) is 29.9 Å². The standard InChI is InChI=1S/C22H20F3N7S/c1-11(28-29-12(2)21(24)25)14-4-6-16(17(23)8-14)13(3)32-10-19(30-31-32)15-5-7-18-20(9-15)33-22(26)27-18/h4-10,13,21,28-29H,1-2H2,3H3,(H2,26,27). The van der Waals surface area contributed by atoms with Gasteiger partial charge in [0.05, 0.1) is 33.8 Å². The number of halogens is 3. The number of nitrogen functional groups attached to an aromatic ring is 1. The summed E-state index contributed by atoms with van der Waals surface area (Å²) in [4.78, 5) is 4.24. The summed E-state index contributed by atoms with van der Waals surface area (Å²) in [6.45, 7) is 8.71. The molecule has 33 heavy (non-hydrogen) atoms. The van der Waals surface area contributed by atoms with Crippen LogP contribution in [0.15, 0.2) is 61.4 Å². The number of allylic oxidation sites excluding steroid dienone is 1. The van der Waals surface area contributed by atoms with E-state index < -0.39 is 24.0 Å². The highest BCUT2D eigenvalue weighted by Crippen LogP contribution is 2.29. The summed E-state index contributed by atoms with van der Waals surface area (Å²) >= 11 is 1.39. The molecule has 0 radical (unpaired) electrons. The Morgan fingerprint density at radius 2 is 1.94 bits per heavy atom. The molecule has 1 atom stereocenters. The molecule has 2 heterocycles. The van der Waals surface area contributed by atoms with Gasteiger partial charge in [-0.1, -0.05) is 47.9 Å². The number of thiazole rings is 1. The second kappa shape index (κ2) is 8.94. The van der Waals surface area contributed by atoms with Crippen LogP contribution in [0.25, 0.3) is 27.2 Å². The largest absolute Gasteiger partial charge is 0.375 e. The molecule has 0 fully saturated rings. The van der Waals surface area contributed by atoms with Crippen LogP contribution in [0.3, 0.4) is 0 Å². The first-order chi connectivity index (χ1) is 15.7. The Labute approximate surface area is 191 Å². The van der Waals surface area contributed by atoms with E-state index in [2.05, 4.69) is 39.3 Å². The molecule has 0 amide bonds. The number of hydrogen-bond acceptors (Lipinski definition) is 7. The minimum atomic E-state index is -2.74. The number of anilines is 1. The molecular weight excluding hydrogens is 451 g/mol. The number of rotatable bonds is 8. The number of nitrogens with zero attached hydrogens (tertiary/aromatic N) is 4. The second-order valence-corrected chi connectivity index (χ2v) is 8.35. The predicted octanol–water partition coefficient (Wildman–Crippen LogP) is 4.73. The molecule has 0 aliphatic heterocycles. The van der Waals surface area contributed by atoms with E-state index in [1.165, 1.54) is 17.4 Å². The van der Waals surface area contributed by atoms with Crippen molar-refractivity contribution in [1.29, 1.82) is 0 Å². The van der Waals surface area contributed by atoms with Gasteiger partial charge in [-0.05, 0) is 25.1 Å². The maximum Gasteiger partial charge on any atom is 0.279 e. The Balaban J connectivity index is 1.51. The van der Waals surface area contributed by atoms with Crippen LogP contribution >= 0.6 is 11.3 Å². The number of hydrazine groups is 1. The molecule has 0 bridgehead atoms. The molecule has 0 saturated heterocycles. The van der Waals surface area contributed by atoms with Crippen LogP contribution in [0.1, 0.15) is 24.1 Å². The van der Waals surface area contributed by atoms with Crippen molar-refractivity contribution >= 4 is 32.4 Å². The molecule has 7 nitrogen and oxygen atoms in total. The van der Waals surface area contributed by atoms with Crippen LogP contribution in [0.4, 0.5) is 18.3 Å². The molecule has 2 aromatic carbocycles. The number of benzene rings is 2. The quantitative estimate of drug-likeness (QED) is 0.322. The van der Waals surface area contributed by atoms with Crippen LogP contribution < -0.4 is 16.6 Å². The van der Waals surface area contributed by atoms with Crippen molar-refractivity contribution in [3.8, 4) is 11.3 Å². The Morgan fingerprint density at radius 3 is 2.67 bits per heavy atom. The van der Waals surface area contributed by atoms with Gasteiger partial charge >= 0.3 is 0 Å². The lowest BCUT2D eigenvalue weighted by atomic mass is 10.0. The van der Waals surface area contributed by atoms with Crippen LogP contribution in [0.5, 0.6) is 0 Å². The van der Waals surface area contributed by atoms with Gasteiger partial charge in [0.1, 0.15) is 11.5 Å². The first-order valence-corrected chi connectivity index (χ1v) is 10.6. The minimum absolute atomic E-state index is 0.219. The molecule has 11 heteroatoms. The molecule has 0 spiro atoms. The highest BCUT2D eigenvalue weighted by molar-refractivity contribution is 7.22. The number of fused-ring (bicyclic) bond motifs is 1. The average molecular weight is 472 g/mol. The number of nitrogens with one attached hydrogen (secondary N) is 2. The van der Waals surface area contributed by atoms with Crippen LogP contribution in [0, 0.1) is 5.82 Å². The summed E-state index contributed by atoms with van der Waals surface area (Å²) in [6, 6.07) is 9.74. The van der Waals surface area contributed by atoms with Gasteiger partial charge in [0, 0.05) is 16.7 Å². The van der Waals surface area contributed by atoms with Gasteiger partial charge in [0.25, 0.3) is 6.43 Å². The van der Waals surface area contributed by atoms with Crippen molar-refractivity contribution < 1.29 is 13.2 Å².